The minimum Gasteiger partial charge on any atom is -0.351 e. The molecule has 0 aliphatic carbocycles. The smallest absolute Gasteiger partial charge is 0.257 e. The van der Waals surface area contributed by atoms with Gasteiger partial charge >= 0.3 is 0 Å². The Morgan fingerprint density at radius 2 is 2.16 bits per heavy atom. The Bertz CT molecular complexity index is 799. The van der Waals surface area contributed by atoms with E-state index in [4.69, 9.17) is 0 Å². The number of amides is 2. The number of nitrogens with zero attached hydrogens (tertiary/aromatic N) is 4. The molecule has 1 saturated heterocycles. The van der Waals surface area contributed by atoms with Gasteiger partial charge in [0.05, 0.1) is 35.2 Å². The molecule has 0 radical (unpaired) electrons. The van der Waals surface area contributed by atoms with Gasteiger partial charge in [-0.25, -0.2) is 0 Å². The highest BCUT2D eigenvalue weighted by Gasteiger charge is 2.32. The van der Waals surface area contributed by atoms with E-state index in [-0.39, 0.29) is 17.9 Å². The minimum atomic E-state index is -0.0862. The van der Waals surface area contributed by atoms with Gasteiger partial charge < -0.3 is 10.2 Å². The maximum atomic E-state index is 13.0. The van der Waals surface area contributed by atoms with Crippen LogP contribution in [0.15, 0.2) is 24.4 Å². The summed E-state index contributed by atoms with van der Waals surface area (Å²) in [6.07, 6.45) is 3.61. The Morgan fingerprint density at radius 3 is 2.84 bits per heavy atom. The van der Waals surface area contributed by atoms with Crippen LogP contribution in [0.4, 0.5) is 0 Å². The van der Waals surface area contributed by atoms with E-state index in [9.17, 15) is 9.59 Å². The summed E-state index contributed by atoms with van der Waals surface area (Å²) in [5.74, 6) is -0.0842. The average molecular weight is 341 g/mol. The lowest BCUT2D eigenvalue weighted by molar-refractivity contribution is -0.119. The number of rotatable bonds is 4. The first-order valence-corrected chi connectivity index (χ1v) is 8.47. The van der Waals surface area contributed by atoms with Crippen LogP contribution in [-0.4, -0.2) is 38.0 Å². The zero-order valence-electron chi connectivity index (χ0n) is 14.8. The lowest BCUT2D eigenvalue weighted by Crippen LogP contribution is -2.31. The van der Waals surface area contributed by atoms with Gasteiger partial charge in [-0.2, -0.15) is 5.10 Å². The van der Waals surface area contributed by atoms with Crippen LogP contribution in [0, 0.1) is 6.92 Å². The molecule has 7 nitrogen and oxygen atoms in total. The molecule has 2 amide bonds. The molecule has 3 heterocycles. The highest BCUT2D eigenvalue weighted by molar-refractivity contribution is 5.95. The first-order valence-electron chi connectivity index (χ1n) is 8.47. The Morgan fingerprint density at radius 1 is 1.36 bits per heavy atom. The van der Waals surface area contributed by atoms with Gasteiger partial charge in [-0.1, -0.05) is 6.07 Å². The number of pyridine rings is 1. The van der Waals surface area contributed by atoms with Crippen LogP contribution in [0.3, 0.4) is 0 Å². The topological polar surface area (TPSA) is 80.1 Å². The molecule has 3 rings (SSSR count). The Kier molecular flexibility index (Phi) is 4.83. The number of aryl methyl sites for hydroxylation is 2. The third kappa shape index (κ3) is 3.70. The molecule has 2 aromatic heterocycles. The molecule has 0 saturated carbocycles. The quantitative estimate of drug-likeness (QED) is 0.918. The van der Waals surface area contributed by atoms with Gasteiger partial charge in [0.25, 0.3) is 5.91 Å². The predicted molar refractivity (Wildman–Crippen MR) is 92.7 cm³/mol. The number of likely N-dealkylation sites (tertiary alicyclic amines) is 1. The maximum Gasteiger partial charge on any atom is 0.257 e. The fourth-order valence-corrected chi connectivity index (χ4v) is 3.28. The summed E-state index contributed by atoms with van der Waals surface area (Å²) < 4.78 is 1.67. The zero-order chi connectivity index (χ0) is 18.0. The third-order valence-corrected chi connectivity index (χ3v) is 4.45. The zero-order valence-corrected chi connectivity index (χ0v) is 14.8. The summed E-state index contributed by atoms with van der Waals surface area (Å²) in [4.78, 5) is 30.6. The first-order chi connectivity index (χ1) is 12.0. The summed E-state index contributed by atoms with van der Waals surface area (Å²) in [6, 6.07) is 5.72. The summed E-state index contributed by atoms with van der Waals surface area (Å²) in [5.41, 5.74) is 3.05. The van der Waals surface area contributed by atoms with E-state index in [0.29, 0.717) is 12.1 Å². The number of hydrogen-bond donors (Lipinski definition) is 1. The molecule has 1 fully saturated rings. The van der Waals surface area contributed by atoms with Gasteiger partial charge in [0.1, 0.15) is 0 Å². The second kappa shape index (κ2) is 7.04. The molecular weight excluding hydrogens is 318 g/mol. The van der Waals surface area contributed by atoms with Crippen molar-refractivity contribution in [1.29, 1.82) is 0 Å². The van der Waals surface area contributed by atoms with Crippen molar-refractivity contribution in [3.63, 3.8) is 0 Å². The van der Waals surface area contributed by atoms with E-state index in [0.717, 1.165) is 36.5 Å². The lowest BCUT2D eigenvalue weighted by atomic mass is 10.1. The van der Waals surface area contributed by atoms with Gasteiger partial charge in [0, 0.05) is 26.7 Å². The van der Waals surface area contributed by atoms with Crippen LogP contribution in [-0.2, 0) is 18.4 Å². The largest absolute Gasteiger partial charge is 0.351 e. The Hall–Kier alpha value is -2.70. The van der Waals surface area contributed by atoms with Crippen molar-refractivity contribution in [2.45, 2.75) is 39.3 Å². The summed E-state index contributed by atoms with van der Waals surface area (Å²) in [5, 5.41) is 7.03. The first kappa shape index (κ1) is 17.1. The molecule has 0 spiro atoms. The van der Waals surface area contributed by atoms with Crippen molar-refractivity contribution in [3.05, 3.63) is 47.0 Å². The lowest BCUT2D eigenvalue weighted by Gasteiger charge is -2.24. The number of aromatic nitrogens is 3. The van der Waals surface area contributed by atoms with Crippen LogP contribution in [0.25, 0.3) is 0 Å². The molecule has 1 aliphatic heterocycles. The van der Waals surface area contributed by atoms with E-state index in [1.54, 1.807) is 10.9 Å². The van der Waals surface area contributed by atoms with Crippen LogP contribution < -0.4 is 5.32 Å². The summed E-state index contributed by atoms with van der Waals surface area (Å²) >= 11 is 0. The maximum absolute atomic E-state index is 13.0. The van der Waals surface area contributed by atoms with Gasteiger partial charge in [0.2, 0.25) is 5.91 Å². The van der Waals surface area contributed by atoms with Crippen molar-refractivity contribution in [2.24, 2.45) is 7.05 Å². The van der Waals surface area contributed by atoms with Crippen LogP contribution in [0.2, 0.25) is 0 Å². The molecule has 7 heteroatoms. The van der Waals surface area contributed by atoms with E-state index < -0.39 is 0 Å². The van der Waals surface area contributed by atoms with Crippen molar-refractivity contribution < 1.29 is 9.59 Å². The second-order valence-corrected chi connectivity index (χ2v) is 6.42. The molecule has 1 N–H and O–H groups in total. The standard InChI is InChI=1S/C18H23N5O2/c1-12-15(11-22(3)21-12)18(25)23-9-5-8-17(23)16-7-4-6-14(20-16)10-19-13(2)24/h4,6-7,11,17H,5,8-10H2,1-3H3,(H,19,24). The van der Waals surface area contributed by atoms with Crippen molar-refractivity contribution in [3.8, 4) is 0 Å². The number of hydrogen-bond acceptors (Lipinski definition) is 4. The normalized spacial score (nSPS) is 16.9. The Labute approximate surface area is 147 Å². The predicted octanol–water partition coefficient (Wildman–Crippen LogP) is 1.74. The Balaban J connectivity index is 1.82. The molecule has 2 aromatic rings. The fraction of sp³-hybridized carbons (Fsp3) is 0.444. The van der Waals surface area contributed by atoms with Gasteiger partial charge in [-0.3, -0.25) is 19.3 Å². The van der Waals surface area contributed by atoms with Crippen LogP contribution >= 0.6 is 0 Å². The highest BCUT2D eigenvalue weighted by Crippen LogP contribution is 2.32. The van der Waals surface area contributed by atoms with Gasteiger partial charge in [-0.15, -0.1) is 0 Å². The molecular formula is C18H23N5O2. The van der Waals surface area contributed by atoms with Crippen LogP contribution in [0.5, 0.6) is 0 Å². The molecule has 25 heavy (non-hydrogen) atoms. The summed E-state index contributed by atoms with van der Waals surface area (Å²) in [6.45, 7) is 4.45. The third-order valence-electron chi connectivity index (χ3n) is 4.45. The van der Waals surface area contributed by atoms with Crippen molar-refractivity contribution in [2.75, 3.05) is 6.54 Å². The average Bonchev–Trinajstić information content (AvgIpc) is 3.19. The fourth-order valence-electron chi connectivity index (χ4n) is 3.28. The van der Waals surface area contributed by atoms with Gasteiger partial charge in [-0.05, 0) is 31.9 Å². The number of carbonyl (C=O) groups is 2. The molecule has 0 aromatic carbocycles. The highest BCUT2D eigenvalue weighted by atomic mass is 16.2. The van der Waals surface area contributed by atoms with Crippen molar-refractivity contribution in [1.82, 2.24) is 25.0 Å². The summed E-state index contributed by atoms with van der Waals surface area (Å²) in [7, 11) is 1.82. The van der Waals surface area contributed by atoms with Gasteiger partial charge in [0.15, 0.2) is 0 Å². The SMILES string of the molecule is CC(=O)NCc1cccc(C2CCCN2C(=O)c2cn(C)nc2C)n1. The molecule has 1 aliphatic rings. The molecule has 1 unspecified atom stereocenters. The molecule has 1 atom stereocenters. The molecule has 132 valence electrons. The minimum absolute atomic E-state index is 0.00200. The second-order valence-electron chi connectivity index (χ2n) is 6.42. The van der Waals surface area contributed by atoms with E-state index in [2.05, 4.69) is 15.4 Å². The van der Waals surface area contributed by atoms with E-state index in [1.165, 1.54) is 6.92 Å². The van der Waals surface area contributed by atoms with E-state index in [1.807, 2.05) is 37.1 Å². The monoisotopic (exact) mass is 341 g/mol. The molecule has 0 bridgehead atoms. The number of carbonyl (C=O) groups excluding carboxylic acids is 2. The number of nitrogens with one attached hydrogen (secondary N) is 1. The van der Waals surface area contributed by atoms with E-state index >= 15 is 0 Å². The van der Waals surface area contributed by atoms with Crippen molar-refractivity contribution >= 4 is 11.8 Å². The van der Waals surface area contributed by atoms with Crippen LogP contribution in [0.1, 0.15) is 53.2 Å².